The summed E-state index contributed by atoms with van der Waals surface area (Å²) < 4.78 is 56.5. The first-order chi connectivity index (χ1) is 7.90. The molecule has 0 bridgehead atoms. The highest BCUT2D eigenvalue weighted by Crippen LogP contribution is 1.90. The fourth-order valence-corrected chi connectivity index (χ4v) is 1.35. The molecule has 0 fully saturated rings. The van der Waals surface area contributed by atoms with Crippen LogP contribution in [0.25, 0.3) is 0 Å². The van der Waals surface area contributed by atoms with Crippen molar-refractivity contribution in [1.29, 1.82) is 0 Å². The summed E-state index contributed by atoms with van der Waals surface area (Å²) in [6, 6.07) is 0. The molecule has 0 aromatic heterocycles. The fraction of sp³-hybridized carbons (Fsp3) is 0.875. The smallest absolute Gasteiger partial charge is 0.307 e. The molecule has 10 heteroatoms. The highest BCUT2D eigenvalue weighted by molar-refractivity contribution is 8.01. The van der Waals surface area contributed by atoms with Crippen molar-refractivity contribution in [3.63, 3.8) is 0 Å². The molecule has 0 aliphatic rings. The van der Waals surface area contributed by atoms with Gasteiger partial charge in [-0.15, -0.1) is 0 Å². The Balaban J connectivity index is 0. The van der Waals surface area contributed by atoms with Gasteiger partial charge in [-0.05, 0) is 20.3 Å². The van der Waals surface area contributed by atoms with Crippen molar-refractivity contribution >= 4 is 25.3 Å². The summed E-state index contributed by atoms with van der Waals surface area (Å²) in [6.07, 6.45) is -0.231. The topological polar surface area (TPSA) is 141 Å². The van der Waals surface area contributed by atoms with Crippen molar-refractivity contribution in [3.8, 4) is 0 Å². The van der Waals surface area contributed by atoms with E-state index in [0.29, 0.717) is 6.42 Å². The predicted octanol–water partition coefficient (Wildman–Crippen LogP) is -0.0424. The maximum atomic E-state index is 10.3. The van der Waals surface area contributed by atoms with E-state index in [1.807, 2.05) is 0 Å². The Morgan fingerprint density at radius 3 is 1.83 bits per heavy atom. The number of rotatable bonds is 4. The highest BCUT2D eigenvalue weighted by atomic mass is 32.2. The van der Waals surface area contributed by atoms with E-state index < -0.39 is 26.3 Å². The minimum Gasteiger partial charge on any atom is -0.391 e. The standard InChI is InChI=1S/C5H11NO4S.C3H8O3S/c1-4(7)3-6-5(2)11(8,9)10;1-2-3-7(4,5)6/h4,7H,3H2,1-2H3,(H,8,9,10);2-3H2,1H3,(H,4,5,6)/b6-5-;. The van der Waals surface area contributed by atoms with Crippen molar-refractivity contribution < 1.29 is 31.0 Å². The summed E-state index contributed by atoms with van der Waals surface area (Å²) in [5.74, 6) is -0.132. The van der Waals surface area contributed by atoms with Gasteiger partial charge in [-0.2, -0.15) is 16.8 Å². The molecule has 1 atom stereocenters. The largest absolute Gasteiger partial charge is 0.391 e. The van der Waals surface area contributed by atoms with Crippen LogP contribution in [0.1, 0.15) is 27.2 Å². The Bertz CT molecular complexity index is 450. The zero-order chi connectivity index (χ0) is 15.0. The maximum Gasteiger partial charge on any atom is 0.307 e. The van der Waals surface area contributed by atoms with Gasteiger partial charge in [0.2, 0.25) is 0 Å². The zero-order valence-electron chi connectivity index (χ0n) is 10.4. The van der Waals surface area contributed by atoms with Gasteiger partial charge in [0.05, 0.1) is 18.4 Å². The van der Waals surface area contributed by atoms with Crippen LogP contribution in [0, 0.1) is 0 Å². The van der Waals surface area contributed by atoms with Crippen LogP contribution < -0.4 is 0 Å². The normalized spacial score (nSPS) is 14.7. The number of hydrogen-bond acceptors (Lipinski definition) is 6. The van der Waals surface area contributed by atoms with Gasteiger partial charge in [-0.25, -0.2) is 0 Å². The van der Waals surface area contributed by atoms with E-state index in [4.69, 9.17) is 14.2 Å². The third kappa shape index (κ3) is 15.4. The van der Waals surface area contributed by atoms with E-state index in [0.717, 1.165) is 6.92 Å². The van der Waals surface area contributed by atoms with Crippen LogP contribution in [0.5, 0.6) is 0 Å². The van der Waals surface area contributed by atoms with Gasteiger partial charge in [-0.1, -0.05) is 6.92 Å². The van der Waals surface area contributed by atoms with Crippen LogP contribution in [-0.2, 0) is 20.2 Å². The maximum absolute atomic E-state index is 10.3. The molecule has 0 amide bonds. The lowest BCUT2D eigenvalue weighted by molar-refractivity contribution is 0.204. The second-order valence-corrected chi connectivity index (χ2v) is 6.58. The molecule has 110 valence electrons. The average Bonchev–Trinajstić information content (AvgIpc) is 2.11. The number of aliphatic hydroxyl groups is 1. The molecule has 0 saturated heterocycles. The fourth-order valence-electron chi connectivity index (χ4n) is 0.600. The monoisotopic (exact) mass is 305 g/mol. The molecule has 0 aromatic rings. The molecular weight excluding hydrogens is 286 g/mol. The van der Waals surface area contributed by atoms with Gasteiger partial charge in [-0.3, -0.25) is 14.1 Å². The summed E-state index contributed by atoms with van der Waals surface area (Å²) in [5, 5.41) is 8.31. The molecule has 0 aliphatic heterocycles. The van der Waals surface area contributed by atoms with E-state index in [1.54, 1.807) is 6.92 Å². The molecule has 0 saturated carbocycles. The lowest BCUT2D eigenvalue weighted by atomic mass is 10.4. The minimum atomic E-state index is -4.16. The molecule has 0 aliphatic carbocycles. The summed E-state index contributed by atoms with van der Waals surface area (Å²) in [6.45, 7) is 4.30. The van der Waals surface area contributed by atoms with Crippen molar-refractivity contribution in [1.82, 2.24) is 0 Å². The van der Waals surface area contributed by atoms with Crippen LogP contribution in [0.3, 0.4) is 0 Å². The highest BCUT2D eigenvalue weighted by Gasteiger charge is 2.08. The van der Waals surface area contributed by atoms with Crippen molar-refractivity contribution in [2.45, 2.75) is 33.3 Å². The third-order valence-electron chi connectivity index (χ3n) is 1.41. The SMILES string of the molecule is C/C(=N/CC(C)O)S(=O)(=O)O.CCCS(=O)(=O)O. The van der Waals surface area contributed by atoms with E-state index in [-0.39, 0.29) is 17.3 Å². The molecular formula is C8H19NO7S2. The van der Waals surface area contributed by atoms with E-state index in [1.165, 1.54) is 6.92 Å². The van der Waals surface area contributed by atoms with E-state index in [9.17, 15) is 16.8 Å². The van der Waals surface area contributed by atoms with Gasteiger partial charge in [0.15, 0.2) is 5.04 Å². The summed E-state index contributed by atoms with van der Waals surface area (Å²) in [5.41, 5.74) is 0. The lowest BCUT2D eigenvalue weighted by Crippen LogP contribution is -2.13. The number of hydrogen-bond donors (Lipinski definition) is 3. The summed E-state index contributed by atoms with van der Waals surface area (Å²) in [7, 11) is -7.83. The second kappa shape index (κ2) is 8.53. The van der Waals surface area contributed by atoms with Crippen LogP contribution in [-0.4, -0.2) is 54.5 Å². The van der Waals surface area contributed by atoms with Crippen LogP contribution in [0.15, 0.2) is 4.99 Å². The molecule has 3 N–H and O–H groups in total. The molecule has 0 radical (unpaired) electrons. The Kier molecular flexibility index (Phi) is 9.38. The lowest BCUT2D eigenvalue weighted by Gasteiger charge is -1.98. The predicted molar refractivity (Wildman–Crippen MR) is 67.9 cm³/mol. The molecule has 0 aromatic carbocycles. The molecule has 1 unspecified atom stereocenters. The van der Waals surface area contributed by atoms with Gasteiger partial charge in [0, 0.05) is 0 Å². The summed E-state index contributed by atoms with van der Waals surface area (Å²) in [4.78, 5) is 3.42. The number of aliphatic hydroxyl groups excluding tert-OH is 1. The van der Waals surface area contributed by atoms with Crippen LogP contribution in [0.4, 0.5) is 0 Å². The Labute approximate surface area is 107 Å². The van der Waals surface area contributed by atoms with Crippen LogP contribution in [0.2, 0.25) is 0 Å². The first-order valence-electron chi connectivity index (χ1n) is 5.02. The number of aliphatic imine (C=N–C) groups is 1. The first kappa shape index (κ1) is 19.8. The second-order valence-electron chi connectivity index (χ2n) is 3.47. The molecule has 8 nitrogen and oxygen atoms in total. The third-order valence-corrected chi connectivity index (χ3v) is 3.21. The number of nitrogens with zero attached hydrogens (tertiary/aromatic N) is 1. The summed E-state index contributed by atoms with van der Waals surface area (Å²) >= 11 is 0. The zero-order valence-corrected chi connectivity index (χ0v) is 12.1. The van der Waals surface area contributed by atoms with Crippen molar-refractivity contribution in [2.24, 2.45) is 4.99 Å². The first-order valence-corrected chi connectivity index (χ1v) is 8.06. The molecule has 0 spiro atoms. The van der Waals surface area contributed by atoms with Gasteiger partial charge < -0.3 is 5.11 Å². The minimum absolute atomic E-state index is 0.0222. The molecule has 18 heavy (non-hydrogen) atoms. The van der Waals surface area contributed by atoms with Gasteiger partial charge >= 0.3 is 10.1 Å². The van der Waals surface area contributed by atoms with Crippen molar-refractivity contribution in [3.05, 3.63) is 0 Å². The van der Waals surface area contributed by atoms with Crippen LogP contribution >= 0.6 is 0 Å². The quantitative estimate of drug-likeness (QED) is 0.376. The Hall–Kier alpha value is -0.550. The Morgan fingerprint density at radius 2 is 1.67 bits per heavy atom. The van der Waals surface area contributed by atoms with Gasteiger partial charge in [0.1, 0.15) is 0 Å². The van der Waals surface area contributed by atoms with Crippen molar-refractivity contribution in [2.75, 3.05) is 12.3 Å². The molecule has 0 heterocycles. The van der Waals surface area contributed by atoms with Gasteiger partial charge in [0.25, 0.3) is 10.1 Å². The molecule has 0 rings (SSSR count). The van der Waals surface area contributed by atoms with E-state index in [2.05, 4.69) is 4.99 Å². The average molecular weight is 305 g/mol. The van der Waals surface area contributed by atoms with E-state index >= 15 is 0 Å². The Morgan fingerprint density at radius 1 is 1.22 bits per heavy atom.